The average Bonchev–Trinajstić information content (AvgIpc) is 3.06. The van der Waals surface area contributed by atoms with E-state index in [-0.39, 0.29) is 6.10 Å². The summed E-state index contributed by atoms with van der Waals surface area (Å²) in [5.41, 5.74) is 3.41. The van der Waals surface area contributed by atoms with Gasteiger partial charge in [0.15, 0.2) is 5.96 Å². The van der Waals surface area contributed by atoms with E-state index in [1.54, 1.807) is 7.05 Å². The van der Waals surface area contributed by atoms with E-state index >= 15 is 0 Å². The van der Waals surface area contributed by atoms with Gasteiger partial charge in [-0.1, -0.05) is 36.4 Å². The lowest BCUT2D eigenvalue weighted by Gasteiger charge is -2.18. The Hall–Kier alpha value is -2.95. The number of hydrogen-bond donors (Lipinski definition) is 3. The Morgan fingerprint density at radius 2 is 1.88 bits per heavy atom. The number of hydrogen-bond acceptors (Lipinski definition) is 2. The maximum absolute atomic E-state index is 5.99. The Labute approximate surface area is 154 Å². The molecule has 136 valence electrons. The number of aromatic nitrogens is 1. The number of nitrogens with one attached hydrogen (secondary N) is 3. The third kappa shape index (κ3) is 4.57. The van der Waals surface area contributed by atoms with Gasteiger partial charge in [0.1, 0.15) is 11.9 Å². The van der Waals surface area contributed by atoms with Crippen LogP contribution in [0, 0.1) is 6.92 Å². The first kappa shape index (κ1) is 17.9. The minimum atomic E-state index is 0.0303. The zero-order valence-corrected chi connectivity index (χ0v) is 15.5. The second-order valence-electron chi connectivity index (χ2n) is 6.38. The quantitative estimate of drug-likeness (QED) is 0.470. The van der Waals surface area contributed by atoms with Gasteiger partial charge in [0.25, 0.3) is 0 Å². The first-order valence-electron chi connectivity index (χ1n) is 8.89. The second-order valence-corrected chi connectivity index (χ2v) is 6.38. The van der Waals surface area contributed by atoms with Gasteiger partial charge in [0, 0.05) is 18.3 Å². The van der Waals surface area contributed by atoms with Crippen LogP contribution in [0.5, 0.6) is 5.75 Å². The van der Waals surface area contributed by atoms with E-state index in [2.05, 4.69) is 51.8 Å². The molecule has 0 saturated carbocycles. The molecule has 1 heterocycles. The molecule has 2 aromatic carbocycles. The zero-order chi connectivity index (χ0) is 18.4. The fraction of sp³-hybridized carbons (Fsp3) is 0.286. The van der Waals surface area contributed by atoms with Gasteiger partial charge in [-0.25, -0.2) is 0 Å². The minimum absolute atomic E-state index is 0.0303. The monoisotopic (exact) mass is 350 g/mol. The largest absolute Gasteiger partial charge is 0.489 e. The van der Waals surface area contributed by atoms with Gasteiger partial charge in [0.2, 0.25) is 0 Å². The molecule has 0 aliphatic carbocycles. The van der Waals surface area contributed by atoms with E-state index in [1.165, 1.54) is 5.39 Å². The highest BCUT2D eigenvalue weighted by Crippen LogP contribution is 2.17. The molecule has 3 rings (SSSR count). The van der Waals surface area contributed by atoms with E-state index in [1.807, 2.05) is 37.3 Å². The molecule has 1 atom stereocenters. The van der Waals surface area contributed by atoms with Gasteiger partial charge in [-0.2, -0.15) is 0 Å². The van der Waals surface area contributed by atoms with E-state index in [0.29, 0.717) is 13.1 Å². The molecule has 3 N–H and O–H groups in total. The summed E-state index contributed by atoms with van der Waals surface area (Å²) < 4.78 is 5.99. The Morgan fingerprint density at radius 3 is 2.65 bits per heavy atom. The second kappa shape index (κ2) is 8.43. The van der Waals surface area contributed by atoms with Crippen molar-refractivity contribution in [3.05, 3.63) is 65.9 Å². The number of para-hydroxylation sites is 2. The zero-order valence-electron chi connectivity index (χ0n) is 15.5. The van der Waals surface area contributed by atoms with Crippen LogP contribution in [0.15, 0.2) is 59.6 Å². The molecule has 0 fully saturated rings. The molecular weight excluding hydrogens is 324 g/mol. The van der Waals surface area contributed by atoms with Crippen molar-refractivity contribution in [3.63, 3.8) is 0 Å². The molecule has 0 spiro atoms. The predicted octanol–water partition coefficient (Wildman–Crippen LogP) is 3.61. The number of guanidine groups is 1. The number of ether oxygens (including phenoxy) is 1. The molecule has 0 radical (unpaired) electrons. The lowest BCUT2D eigenvalue weighted by Crippen LogP contribution is -2.41. The van der Waals surface area contributed by atoms with Crippen LogP contribution >= 0.6 is 0 Å². The summed E-state index contributed by atoms with van der Waals surface area (Å²) in [6, 6.07) is 18.5. The summed E-state index contributed by atoms with van der Waals surface area (Å²) in [6.45, 7) is 5.45. The van der Waals surface area contributed by atoms with Crippen molar-refractivity contribution < 1.29 is 4.74 Å². The van der Waals surface area contributed by atoms with Gasteiger partial charge in [-0.05, 0) is 43.0 Å². The normalized spacial score (nSPS) is 12.8. The van der Waals surface area contributed by atoms with Crippen LogP contribution in [0.1, 0.15) is 18.2 Å². The Morgan fingerprint density at radius 1 is 1.12 bits per heavy atom. The molecule has 0 aliphatic rings. The number of nitrogens with zero attached hydrogens (tertiary/aromatic N) is 1. The molecule has 0 bridgehead atoms. The van der Waals surface area contributed by atoms with Crippen molar-refractivity contribution in [1.82, 2.24) is 15.6 Å². The highest BCUT2D eigenvalue weighted by Gasteiger charge is 2.08. The molecule has 26 heavy (non-hydrogen) atoms. The Bertz CT molecular complexity index is 851. The highest BCUT2D eigenvalue weighted by atomic mass is 16.5. The van der Waals surface area contributed by atoms with Crippen LogP contribution in [0.3, 0.4) is 0 Å². The van der Waals surface area contributed by atoms with E-state index in [0.717, 1.165) is 28.5 Å². The van der Waals surface area contributed by atoms with Crippen LogP contribution < -0.4 is 15.4 Å². The van der Waals surface area contributed by atoms with Crippen molar-refractivity contribution in [2.45, 2.75) is 26.5 Å². The molecule has 0 amide bonds. The standard InChI is InChI=1S/C21H26N4O/c1-15-8-4-7-11-20(15)26-16(2)13-23-21(22-3)24-14-18-12-17-9-5-6-10-19(17)25-18/h4-12,16,25H,13-14H2,1-3H3,(H2,22,23,24). The van der Waals surface area contributed by atoms with Crippen molar-refractivity contribution >= 4 is 16.9 Å². The minimum Gasteiger partial charge on any atom is -0.489 e. The number of benzene rings is 2. The number of fused-ring (bicyclic) bond motifs is 1. The Kier molecular flexibility index (Phi) is 5.79. The molecule has 3 aromatic rings. The molecule has 5 heteroatoms. The van der Waals surface area contributed by atoms with Crippen molar-refractivity contribution in [2.24, 2.45) is 4.99 Å². The van der Waals surface area contributed by atoms with Gasteiger partial charge in [-0.3, -0.25) is 4.99 Å². The van der Waals surface area contributed by atoms with Crippen molar-refractivity contribution in [3.8, 4) is 5.75 Å². The molecular formula is C21H26N4O. The van der Waals surface area contributed by atoms with Crippen molar-refractivity contribution in [2.75, 3.05) is 13.6 Å². The van der Waals surface area contributed by atoms with E-state index in [4.69, 9.17) is 4.74 Å². The van der Waals surface area contributed by atoms with Crippen LogP contribution in [0.2, 0.25) is 0 Å². The maximum atomic E-state index is 5.99. The Balaban J connectivity index is 1.49. The fourth-order valence-corrected chi connectivity index (χ4v) is 2.82. The fourth-order valence-electron chi connectivity index (χ4n) is 2.82. The molecule has 1 unspecified atom stereocenters. The number of aliphatic imine (C=N–C) groups is 1. The van der Waals surface area contributed by atoms with Crippen LogP contribution in [0.4, 0.5) is 0 Å². The smallest absolute Gasteiger partial charge is 0.191 e. The van der Waals surface area contributed by atoms with Gasteiger partial charge >= 0.3 is 0 Å². The maximum Gasteiger partial charge on any atom is 0.191 e. The summed E-state index contributed by atoms with van der Waals surface area (Å²) in [5.74, 6) is 1.67. The van der Waals surface area contributed by atoms with Crippen LogP contribution in [-0.4, -0.2) is 30.6 Å². The summed E-state index contributed by atoms with van der Waals surface area (Å²) >= 11 is 0. The van der Waals surface area contributed by atoms with Crippen molar-refractivity contribution in [1.29, 1.82) is 0 Å². The topological polar surface area (TPSA) is 61.4 Å². The van der Waals surface area contributed by atoms with Gasteiger partial charge < -0.3 is 20.4 Å². The summed E-state index contributed by atoms with van der Waals surface area (Å²) in [4.78, 5) is 7.69. The summed E-state index contributed by atoms with van der Waals surface area (Å²) in [7, 11) is 1.77. The van der Waals surface area contributed by atoms with Gasteiger partial charge in [-0.15, -0.1) is 0 Å². The third-order valence-corrected chi connectivity index (χ3v) is 4.23. The SMILES string of the molecule is CN=C(NCc1cc2ccccc2[nH]1)NCC(C)Oc1ccccc1C. The predicted molar refractivity (Wildman–Crippen MR) is 108 cm³/mol. The highest BCUT2D eigenvalue weighted by molar-refractivity contribution is 5.81. The molecule has 1 aromatic heterocycles. The summed E-state index contributed by atoms with van der Waals surface area (Å²) in [5, 5.41) is 7.86. The number of H-pyrrole nitrogens is 1. The van der Waals surface area contributed by atoms with E-state index < -0.39 is 0 Å². The first-order chi connectivity index (χ1) is 12.7. The number of rotatable bonds is 6. The van der Waals surface area contributed by atoms with E-state index in [9.17, 15) is 0 Å². The average molecular weight is 350 g/mol. The van der Waals surface area contributed by atoms with Gasteiger partial charge in [0.05, 0.1) is 13.1 Å². The third-order valence-electron chi connectivity index (χ3n) is 4.23. The number of aryl methyl sites for hydroxylation is 1. The van der Waals surface area contributed by atoms with Crippen LogP contribution in [-0.2, 0) is 6.54 Å². The lowest BCUT2D eigenvalue weighted by atomic mass is 10.2. The first-order valence-corrected chi connectivity index (χ1v) is 8.89. The summed E-state index contributed by atoms with van der Waals surface area (Å²) in [6.07, 6.45) is 0.0303. The molecule has 0 saturated heterocycles. The molecule has 0 aliphatic heterocycles. The molecule has 5 nitrogen and oxygen atoms in total. The van der Waals surface area contributed by atoms with Crippen LogP contribution in [0.25, 0.3) is 10.9 Å². The number of aromatic amines is 1. The lowest BCUT2D eigenvalue weighted by molar-refractivity contribution is 0.222.